The molecule has 0 heterocycles. The van der Waals surface area contributed by atoms with Crippen molar-refractivity contribution in [3.63, 3.8) is 0 Å². The lowest BCUT2D eigenvalue weighted by Crippen LogP contribution is -2.32. The molecule has 0 atom stereocenters. The van der Waals surface area contributed by atoms with E-state index in [9.17, 15) is 0 Å². The SMILES string of the molecule is COCC(C=NCCOC(C)(C)CCOC(C)(C)CCOI)=NN. The van der Waals surface area contributed by atoms with Crippen molar-refractivity contribution in [3.05, 3.63) is 0 Å². The Morgan fingerprint density at radius 2 is 1.62 bits per heavy atom. The maximum Gasteiger partial charge on any atom is 0.109 e. The van der Waals surface area contributed by atoms with Gasteiger partial charge in [-0.25, -0.2) is 0 Å². The number of nitrogens with zero attached hydrogens (tertiary/aromatic N) is 2. The summed E-state index contributed by atoms with van der Waals surface area (Å²) in [7, 11) is 1.59. The number of rotatable bonds is 14. The summed E-state index contributed by atoms with van der Waals surface area (Å²) in [4.78, 5) is 4.23. The molecule has 0 saturated heterocycles. The van der Waals surface area contributed by atoms with Gasteiger partial charge >= 0.3 is 0 Å². The molecule has 0 aromatic heterocycles. The average molecular weight is 457 g/mol. The largest absolute Gasteiger partial charge is 0.378 e. The lowest BCUT2D eigenvalue weighted by molar-refractivity contribution is -0.0743. The topological polar surface area (TPSA) is 87.7 Å². The molecule has 0 spiro atoms. The minimum Gasteiger partial charge on any atom is -0.378 e. The first-order chi connectivity index (χ1) is 11.3. The number of hydrogen-bond donors (Lipinski definition) is 1. The quantitative estimate of drug-likeness (QED) is 0.143. The predicted molar refractivity (Wildman–Crippen MR) is 106 cm³/mol. The summed E-state index contributed by atoms with van der Waals surface area (Å²) in [5, 5.41) is 3.58. The van der Waals surface area contributed by atoms with E-state index in [0.29, 0.717) is 38.7 Å². The number of halogens is 1. The molecular weight excluding hydrogens is 425 g/mol. The molecular formula is C16H32IN3O4. The van der Waals surface area contributed by atoms with Gasteiger partial charge in [-0.05, 0) is 34.1 Å². The Morgan fingerprint density at radius 3 is 2.17 bits per heavy atom. The van der Waals surface area contributed by atoms with Gasteiger partial charge in [0.2, 0.25) is 0 Å². The van der Waals surface area contributed by atoms with Gasteiger partial charge in [-0.3, -0.25) is 4.99 Å². The lowest BCUT2D eigenvalue weighted by Gasteiger charge is -2.29. The lowest BCUT2D eigenvalue weighted by atomic mass is 10.0. The molecule has 0 radical (unpaired) electrons. The molecule has 0 saturated carbocycles. The Bertz CT molecular complexity index is 388. The fourth-order valence-corrected chi connectivity index (χ4v) is 2.02. The molecule has 0 fully saturated rings. The maximum atomic E-state index is 5.93. The van der Waals surface area contributed by atoms with Crippen LogP contribution in [0, 0.1) is 0 Å². The summed E-state index contributed by atoms with van der Waals surface area (Å²) in [6.07, 6.45) is 3.28. The molecule has 0 aliphatic rings. The molecule has 0 aliphatic carbocycles. The molecule has 0 rings (SSSR count). The Labute approximate surface area is 160 Å². The first kappa shape index (κ1) is 23.7. The highest BCUT2D eigenvalue weighted by molar-refractivity contribution is 14.1. The van der Waals surface area contributed by atoms with Crippen LogP contribution in [0.1, 0.15) is 40.5 Å². The minimum absolute atomic E-state index is 0.190. The monoisotopic (exact) mass is 457 g/mol. The van der Waals surface area contributed by atoms with Crippen molar-refractivity contribution in [2.24, 2.45) is 15.9 Å². The van der Waals surface area contributed by atoms with E-state index in [1.165, 1.54) is 0 Å². The molecule has 8 heteroatoms. The zero-order chi connectivity index (χ0) is 18.5. The Kier molecular flexibility index (Phi) is 12.8. The second-order valence-corrected chi connectivity index (χ2v) is 7.24. The van der Waals surface area contributed by atoms with Gasteiger partial charge in [0.15, 0.2) is 0 Å². The molecule has 0 unspecified atom stereocenters. The third-order valence-electron chi connectivity index (χ3n) is 3.39. The van der Waals surface area contributed by atoms with E-state index >= 15 is 0 Å². The molecule has 0 aromatic carbocycles. The van der Waals surface area contributed by atoms with Crippen LogP contribution in [0.4, 0.5) is 0 Å². The normalized spacial score (nSPS) is 13.8. The van der Waals surface area contributed by atoms with Crippen LogP contribution in [0.25, 0.3) is 0 Å². The zero-order valence-corrected chi connectivity index (χ0v) is 17.7. The van der Waals surface area contributed by atoms with Gasteiger partial charge < -0.3 is 23.1 Å². The molecule has 0 bridgehead atoms. The summed E-state index contributed by atoms with van der Waals surface area (Å²) < 4.78 is 21.8. The van der Waals surface area contributed by atoms with Gasteiger partial charge in [0, 0.05) is 19.7 Å². The highest BCUT2D eigenvalue weighted by Gasteiger charge is 2.22. The van der Waals surface area contributed by atoms with Gasteiger partial charge in [-0.1, -0.05) is 0 Å². The van der Waals surface area contributed by atoms with Gasteiger partial charge in [0.25, 0.3) is 0 Å². The highest BCUT2D eigenvalue weighted by atomic mass is 127. The fraction of sp³-hybridized carbons (Fsp3) is 0.875. The number of ether oxygens (including phenoxy) is 3. The van der Waals surface area contributed by atoms with Crippen LogP contribution >= 0.6 is 23.0 Å². The van der Waals surface area contributed by atoms with Crippen molar-refractivity contribution in [3.8, 4) is 0 Å². The first-order valence-corrected chi connectivity index (χ1v) is 8.91. The number of aliphatic imine (C=N–C) groups is 1. The molecule has 24 heavy (non-hydrogen) atoms. The van der Waals surface area contributed by atoms with Gasteiger partial charge in [-0.15, -0.1) is 0 Å². The van der Waals surface area contributed by atoms with Crippen molar-refractivity contribution in [1.82, 2.24) is 0 Å². The van der Waals surface area contributed by atoms with Crippen LogP contribution in [0.15, 0.2) is 10.1 Å². The summed E-state index contributed by atoms with van der Waals surface area (Å²) >= 11 is 1.90. The van der Waals surface area contributed by atoms with Crippen LogP contribution in [0.2, 0.25) is 0 Å². The van der Waals surface area contributed by atoms with Gasteiger partial charge in [0.1, 0.15) is 28.7 Å². The highest BCUT2D eigenvalue weighted by Crippen LogP contribution is 2.19. The Balaban J connectivity index is 3.99. The van der Waals surface area contributed by atoms with Crippen LogP contribution < -0.4 is 5.84 Å². The van der Waals surface area contributed by atoms with Crippen molar-refractivity contribution >= 4 is 34.9 Å². The van der Waals surface area contributed by atoms with E-state index in [1.807, 2.05) is 23.0 Å². The summed E-state index contributed by atoms with van der Waals surface area (Å²) in [6.45, 7) is 11.0. The summed E-state index contributed by atoms with van der Waals surface area (Å²) in [6, 6.07) is 0. The van der Waals surface area contributed by atoms with Crippen molar-refractivity contribution in [2.45, 2.75) is 51.7 Å². The molecule has 0 amide bonds. The maximum absolute atomic E-state index is 5.93. The van der Waals surface area contributed by atoms with Crippen LogP contribution in [-0.2, 0) is 17.3 Å². The van der Waals surface area contributed by atoms with Crippen LogP contribution in [0.5, 0.6) is 0 Å². The second-order valence-electron chi connectivity index (χ2n) is 6.62. The molecule has 0 aromatic rings. The van der Waals surface area contributed by atoms with Crippen LogP contribution in [-0.4, -0.2) is 63.2 Å². The van der Waals surface area contributed by atoms with E-state index in [0.717, 1.165) is 12.8 Å². The number of hydrazone groups is 1. The molecule has 0 aliphatic heterocycles. The predicted octanol–water partition coefficient (Wildman–Crippen LogP) is 2.76. The van der Waals surface area contributed by atoms with E-state index in [4.69, 9.17) is 23.1 Å². The van der Waals surface area contributed by atoms with E-state index < -0.39 is 0 Å². The molecule has 142 valence electrons. The van der Waals surface area contributed by atoms with E-state index in [2.05, 4.69) is 37.8 Å². The molecule has 7 nitrogen and oxygen atoms in total. The Hall–Kier alpha value is -0.290. The second kappa shape index (κ2) is 13.0. The number of nitrogens with two attached hydrogens (primary N) is 1. The minimum atomic E-state index is -0.261. The van der Waals surface area contributed by atoms with Crippen molar-refractivity contribution < 1.29 is 17.3 Å². The smallest absolute Gasteiger partial charge is 0.109 e. The van der Waals surface area contributed by atoms with E-state index in [1.54, 1.807) is 13.3 Å². The van der Waals surface area contributed by atoms with Crippen molar-refractivity contribution in [2.75, 3.05) is 40.1 Å². The number of hydrogen-bond acceptors (Lipinski definition) is 7. The zero-order valence-electron chi connectivity index (χ0n) is 15.5. The fourth-order valence-electron chi connectivity index (χ4n) is 1.80. The standard InChI is InChI=1S/C16H32IN3O4/c1-15(2,6-9-22-16(3,4)7-10-24-17)23-11-8-19-12-14(20-18)13-21-5/h12H,6-11,13,18H2,1-5H3. The Morgan fingerprint density at radius 1 is 1.04 bits per heavy atom. The third kappa shape index (κ3) is 13.1. The summed E-state index contributed by atoms with van der Waals surface area (Å²) in [5.74, 6) is 5.23. The van der Waals surface area contributed by atoms with E-state index in [-0.39, 0.29) is 11.2 Å². The average Bonchev–Trinajstić information content (AvgIpc) is 2.51. The molecule has 2 N–H and O–H groups in total. The van der Waals surface area contributed by atoms with Crippen LogP contribution in [0.3, 0.4) is 0 Å². The third-order valence-corrected chi connectivity index (χ3v) is 3.83. The van der Waals surface area contributed by atoms with Gasteiger partial charge in [0.05, 0.1) is 44.2 Å². The first-order valence-electron chi connectivity index (χ1n) is 8.03. The van der Waals surface area contributed by atoms with Gasteiger partial charge in [-0.2, -0.15) is 5.10 Å². The summed E-state index contributed by atoms with van der Waals surface area (Å²) in [5.41, 5.74) is 0.149. The van der Waals surface area contributed by atoms with Crippen molar-refractivity contribution in [1.29, 1.82) is 0 Å². The number of methoxy groups -OCH3 is 1.